The molecule has 0 unspecified atom stereocenters. The molecule has 2 rings (SSSR count). The second-order valence-corrected chi connectivity index (χ2v) is 3.56. The van der Waals surface area contributed by atoms with Gasteiger partial charge in [-0.15, -0.1) is 0 Å². The van der Waals surface area contributed by atoms with E-state index in [9.17, 15) is 4.79 Å². The Labute approximate surface area is 97.9 Å². The summed E-state index contributed by atoms with van der Waals surface area (Å²) in [5, 5.41) is 9.76. The van der Waals surface area contributed by atoms with Gasteiger partial charge in [-0.25, -0.2) is 0 Å². The molecular weight excluding hydrogens is 224 g/mol. The Morgan fingerprint density at radius 3 is 2.94 bits per heavy atom. The van der Waals surface area contributed by atoms with Crippen LogP contribution in [0.25, 0.3) is 0 Å². The molecule has 0 aromatic heterocycles. The maximum atomic E-state index is 11.6. The summed E-state index contributed by atoms with van der Waals surface area (Å²) in [7, 11) is 1.68. The topological polar surface area (TPSA) is 65.5 Å². The largest absolute Gasteiger partial charge is 0.364 e. The average molecular weight is 234 g/mol. The summed E-state index contributed by atoms with van der Waals surface area (Å²) in [6, 6.07) is 7.36. The third-order valence-electron chi connectivity index (χ3n) is 2.14. The Balaban J connectivity index is 2.28. The SMILES string of the molecule is CNC(=S)N/N=C1\C(=O)Nc2ccccc21. The van der Waals surface area contributed by atoms with E-state index in [4.69, 9.17) is 12.2 Å². The molecule has 1 amide bonds. The molecular formula is C10H10N4OS. The van der Waals surface area contributed by atoms with Crippen molar-refractivity contribution >= 4 is 34.6 Å². The number of nitrogens with zero attached hydrogens (tertiary/aromatic N) is 1. The number of para-hydroxylation sites is 1. The maximum Gasteiger partial charge on any atom is 0.276 e. The lowest BCUT2D eigenvalue weighted by Gasteiger charge is -2.01. The Kier molecular flexibility index (Phi) is 2.82. The van der Waals surface area contributed by atoms with Crippen LogP contribution in [0.15, 0.2) is 29.4 Å². The standard InChI is InChI=1S/C10H10N4OS/c1-11-10(16)14-13-8-6-4-2-3-5-7(6)12-9(8)15/h2-5H,1H3,(H2,11,14,16)(H,12,13,15). The molecule has 0 atom stereocenters. The zero-order valence-electron chi connectivity index (χ0n) is 8.57. The first kappa shape index (κ1) is 10.6. The van der Waals surface area contributed by atoms with Crippen molar-refractivity contribution in [1.82, 2.24) is 10.7 Å². The fourth-order valence-electron chi connectivity index (χ4n) is 1.38. The molecule has 0 spiro atoms. The molecule has 3 N–H and O–H groups in total. The second kappa shape index (κ2) is 4.28. The molecule has 1 aromatic rings. The second-order valence-electron chi connectivity index (χ2n) is 3.15. The Morgan fingerprint density at radius 2 is 2.19 bits per heavy atom. The molecule has 1 aliphatic rings. The van der Waals surface area contributed by atoms with Crippen LogP contribution >= 0.6 is 12.2 Å². The van der Waals surface area contributed by atoms with Crippen LogP contribution in [0, 0.1) is 0 Å². The number of nitrogens with one attached hydrogen (secondary N) is 3. The molecule has 5 nitrogen and oxygen atoms in total. The number of hydrogen-bond donors (Lipinski definition) is 3. The first-order valence-electron chi connectivity index (χ1n) is 4.68. The lowest BCUT2D eigenvalue weighted by molar-refractivity contribution is -0.110. The van der Waals surface area contributed by atoms with Crippen LogP contribution in [0.3, 0.4) is 0 Å². The van der Waals surface area contributed by atoms with E-state index < -0.39 is 0 Å². The summed E-state index contributed by atoms with van der Waals surface area (Å²) in [6.07, 6.45) is 0. The molecule has 82 valence electrons. The fraction of sp³-hybridized carbons (Fsp3) is 0.100. The highest BCUT2D eigenvalue weighted by Crippen LogP contribution is 2.22. The number of fused-ring (bicyclic) bond motifs is 1. The Hall–Kier alpha value is -1.95. The third kappa shape index (κ3) is 1.87. The smallest absolute Gasteiger partial charge is 0.276 e. The van der Waals surface area contributed by atoms with E-state index in [2.05, 4.69) is 21.2 Å². The zero-order chi connectivity index (χ0) is 11.5. The van der Waals surface area contributed by atoms with Crippen molar-refractivity contribution in [3.63, 3.8) is 0 Å². The van der Waals surface area contributed by atoms with Crippen molar-refractivity contribution in [1.29, 1.82) is 0 Å². The third-order valence-corrected chi connectivity index (χ3v) is 2.44. The number of thiocarbonyl (C=S) groups is 1. The minimum absolute atomic E-state index is 0.229. The summed E-state index contributed by atoms with van der Waals surface area (Å²) >= 11 is 4.87. The van der Waals surface area contributed by atoms with Gasteiger partial charge in [-0.2, -0.15) is 5.10 Å². The van der Waals surface area contributed by atoms with Gasteiger partial charge in [0.05, 0.1) is 5.69 Å². The molecule has 0 aliphatic carbocycles. The van der Waals surface area contributed by atoms with Gasteiger partial charge in [0.1, 0.15) is 0 Å². The summed E-state index contributed by atoms with van der Waals surface area (Å²) in [5.41, 5.74) is 4.48. The van der Waals surface area contributed by atoms with Crippen LogP contribution in [0.5, 0.6) is 0 Å². The monoisotopic (exact) mass is 234 g/mol. The van der Waals surface area contributed by atoms with E-state index in [1.807, 2.05) is 24.3 Å². The van der Waals surface area contributed by atoms with Gasteiger partial charge in [-0.3, -0.25) is 10.2 Å². The fourth-order valence-corrected chi connectivity index (χ4v) is 1.42. The van der Waals surface area contributed by atoms with Gasteiger partial charge in [-0.1, -0.05) is 18.2 Å². The van der Waals surface area contributed by atoms with Crippen LogP contribution in [0.2, 0.25) is 0 Å². The predicted octanol–water partition coefficient (Wildman–Crippen LogP) is 0.437. The van der Waals surface area contributed by atoms with Crippen LogP contribution in [0.1, 0.15) is 5.56 Å². The first-order chi connectivity index (χ1) is 7.72. The first-order valence-corrected chi connectivity index (χ1v) is 5.09. The molecule has 0 radical (unpaired) electrons. The molecule has 0 fully saturated rings. The number of hydrogen-bond acceptors (Lipinski definition) is 3. The number of benzene rings is 1. The van der Waals surface area contributed by atoms with Crippen LogP contribution < -0.4 is 16.1 Å². The normalized spacial score (nSPS) is 15.6. The lowest BCUT2D eigenvalue weighted by Crippen LogP contribution is -2.30. The molecule has 0 saturated heterocycles. The number of rotatable bonds is 1. The van der Waals surface area contributed by atoms with Crippen molar-refractivity contribution in [3.05, 3.63) is 29.8 Å². The van der Waals surface area contributed by atoms with Gasteiger partial charge in [0.2, 0.25) is 0 Å². The van der Waals surface area contributed by atoms with Crippen LogP contribution in [-0.2, 0) is 4.79 Å². The number of hydrazone groups is 1. The minimum atomic E-state index is -0.229. The number of carbonyl (C=O) groups is 1. The van der Waals surface area contributed by atoms with Crippen molar-refractivity contribution in [2.75, 3.05) is 12.4 Å². The summed E-state index contributed by atoms with van der Waals surface area (Å²) in [6.45, 7) is 0. The molecule has 16 heavy (non-hydrogen) atoms. The number of anilines is 1. The van der Waals surface area contributed by atoms with Gasteiger partial charge < -0.3 is 10.6 Å². The van der Waals surface area contributed by atoms with Gasteiger partial charge in [-0.05, 0) is 18.3 Å². The quantitative estimate of drug-likeness (QED) is 0.487. The average Bonchev–Trinajstić information content (AvgIpc) is 2.62. The van der Waals surface area contributed by atoms with E-state index in [1.54, 1.807) is 7.05 Å². The highest BCUT2D eigenvalue weighted by molar-refractivity contribution is 7.80. The van der Waals surface area contributed by atoms with E-state index in [-0.39, 0.29) is 5.91 Å². The highest BCUT2D eigenvalue weighted by Gasteiger charge is 2.25. The van der Waals surface area contributed by atoms with Gasteiger partial charge in [0, 0.05) is 12.6 Å². The van der Waals surface area contributed by atoms with Crippen molar-refractivity contribution < 1.29 is 4.79 Å². The van der Waals surface area contributed by atoms with Crippen molar-refractivity contribution in [3.8, 4) is 0 Å². The van der Waals surface area contributed by atoms with E-state index in [1.165, 1.54) is 0 Å². The summed E-state index contributed by atoms with van der Waals surface area (Å²) < 4.78 is 0. The van der Waals surface area contributed by atoms with Crippen molar-refractivity contribution in [2.45, 2.75) is 0 Å². The van der Waals surface area contributed by atoms with Gasteiger partial charge in [0.25, 0.3) is 5.91 Å². The molecule has 0 saturated carbocycles. The van der Waals surface area contributed by atoms with Gasteiger partial charge >= 0.3 is 0 Å². The minimum Gasteiger partial charge on any atom is -0.364 e. The number of carbonyl (C=O) groups excluding carboxylic acids is 1. The summed E-state index contributed by atoms with van der Waals surface area (Å²) in [4.78, 5) is 11.6. The highest BCUT2D eigenvalue weighted by atomic mass is 32.1. The number of amides is 1. The Bertz CT molecular complexity index is 483. The van der Waals surface area contributed by atoms with Gasteiger partial charge in [0.15, 0.2) is 10.8 Å². The maximum absolute atomic E-state index is 11.6. The van der Waals surface area contributed by atoms with E-state index >= 15 is 0 Å². The molecule has 1 heterocycles. The Morgan fingerprint density at radius 1 is 1.44 bits per heavy atom. The van der Waals surface area contributed by atoms with Crippen LogP contribution in [-0.4, -0.2) is 23.8 Å². The molecule has 6 heteroatoms. The molecule has 1 aromatic carbocycles. The molecule has 0 bridgehead atoms. The van der Waals surface area contributed by atoms with E-state index in [0.717, 1.165) is 11.3 Å². The van der Waals surface area contributed by atoms with Crippen LogP contribution in [0.4, 0.5) is 5.69 Å². The summed E-state index contributed by atoms with van der Waals surface area (Å²) in [5.74, 6) is -0.229. The predicted molar refractivity (Wildman–Crippen MR) is 66.4 cm³/mol. The van der Waals surface area contributed by atoms with Crippen molar-refractivity contribution in [2.24, 2.45) is 5.10 Å². The lowest BCUT2D eigenvalue weighted by atomic mass is 10.1. The molecule has 1 aliphatic heterocycles. The van der Waals surface area contributed by atoms with E-state index in [0.29, 0.717) is 10.8 Å². The zero-order valence-corrected chi connectivity index (χ0v) is 9.39.